The lowest BCUT2D eigenvalue weighted by molar-refractivity contribution is 0.00446. The van der Waals surface area contributed by atoms with Crippen molar-refractivity contribution in [1.29, 1.82) is 0 Å². The van der Waals surface area contributed by atoms with Crippen LogP contribution in [-0.2, 0) is 0 Å². The number of aliphatic hydroxyl groups is 3. The highest BCUT2D eigenvalue weighted by atomic mass is 32.1. The fourth-order valence-electron chi connectivity index (χ4n) is 5.28. The van der Waals surface area contributed by atoms with E-state index in [1.165, 1.54) is 11.3 Å². The summed E-state index contributed by atoms with van der Waals surface area (Å²) in [4.78, 5) is 22.8. The van der Waals surface area contributed by atoms with Gasteiger partial charge in [0, 0.05) is 31.1 Å². The Kier molecular flexibility index (Phi) is 7.59. The van der Waals surface area contributed by atoms with Crippen LogP contribution in [0.4, 0.5) is 11.8 Å². The molecule has 1 aliphatic carbocycles. The van der Waals surface area contributed by atoms with Crippen molar-refractivity contribution in [3.63, 3.8) is 0 Å². The maximum Gasteiger partial charge on any atom is 0.225 e. The van der Waals surface area contributed by atoms with Gasteiger partial charge in [-0.25, -0.2) is 9.97 Å². The van der Waals surface area contributed by atoms with Gasteiger partial charge in [0.1, 0.15) is 22.4 Å². The van der Waals surface area contributed by atoms with Crippen molar-refractivity contribution < 1.29 is 15.3 Å². The topological polar surface area (TPSA) is 149 Å². The van der Waals surface area contributed by atoms with Crippen LogP contribution >= 0.6 is 11.3 Å². The largest absolute Gasteiger partial charge is 0.396 e. The molecule has 5 N–H and O–H groups in total. The van der Waals surface area contributed by atoms with E-state index < -0.39 is 24.2 Å². The van der Waals surface area contributed by atoms with Crippen LogP contribution in [0.3, 0.4) is 0 Å². The third kappa shape index (κ3) is 5.49. The smallest absolute Gasteiger partial charge is 0.225 e. The average Bonchev–Trinajstić information content (AvgIpc) is 3.53. The molecule has 4 aromatic heterocycles. The number of nitrogens with one attached hydrogen (secondary N) is 2. The summed E-state index contributed by atoms with van der Waals surface area (Å²) in [7, 11) is 0. The lowest BCUT2D eigenvalue weighted by atomic mass is 10.0. The van der Waals surface area contributed by atoms with E-state index in [1.807, 2.05) is 38.2 Å². The van der Waals surface area contributed by atoms with Crippen LogP contribution in [0.1, 0.15) is 30.6 Å². The van der Waals surface area contributed by atoms with Gasteiger partial charge in [-0.15, -0.1) is 11.3 Å². The van der Waals surface area contributed by atoms with Gasteiger partial charge >= 0.3 is 0 Å². The van der Waals surface area contributed by atoms with E-state index in [0.717, 1.165) is 37.5 Å². The minimum Gasteiger partial charge on any atom is -0.396 e. The van der Waals surface area contributed by atoms with Gasteiger partial charge in [-0.3, -0.25) is 9.97 Å². The molecule has 6 rings (SSSR count). The van der Waals surface area contributed by atoms with E-state index in [2.05, 4.69) is 44.9 Å². The van der Waals surface area contributed by atoms with Gasteiger partial charge < -0.3 is 26.0 Å². The highest BCUT2D eigenvalue weighted by Crippen LogP contribution is 2.38. The lowest BCUT2D eigenvalue weighted by Gasteiger charge is -2.22. The molecule has 0 bridgehead atoms. The minimum atomic E-state index is -1.05. The van der Waals surface area contributed by atoms with Crippen LogP contribution < -0.4 is 10.6 Å². The molecule has 11 heteroatoms. The Labute approximate surface area is 241 Å². The van der Waals surface area contributed by atoms with Gasteiger partial charge in [-0.2, -0.15) is 4.98 Å². The van der Waals surface area contributed by atoms with Crippen molar-refractivity contribution in [3.8, 4) is 21.7 Å². The molecule has 5 aromatic rings. The first-order valence-corrected chi connectivity index (χ1v) is 14.3. The Hall–Kier alpha value is -4.03. The van der Waals surface area contributed by atoms with Crippen LogP contribution in [0.25, 0.3) is 31.9 Å². The first-order chi connectivity index (χ1) is 19.9. The number of fused-ring (bicyclic) bond motifs is 1. The lowest BCUT2D eigenvalue weighted by Crippen LogP contribution is -2.35. The van der Waals surface area contributed by atoms with Gasteiger partial charge in [0.25, 0.3) is 0 Å². The number of pyridine rings is 2. The minimum absolute atomic E-state index is 0.0952. The predicted molar refractivity (Wildman–Crippen MR) is 160 cm³/mol. The highest BCUT2D eigenvalue weighted by molar-refractivity contribution is 7.21. The van der Waals surface area contributed by atoms with E-state index in [-0.39, 0.29) is 12.6 Å². The molecule has 5 unspecified atom stereocenters. The summed E-state index contributed by atoms with van der Waals surface area (Å²) in [5, 5.41) is 38.3. The zero-order chi connectivity index (χ0) is 28.5. The monoisotopic (exact) mass is 569 g/mol. The molecule has 0 spiro atoms. The molecule has 5 atom stereocenters. The Balaban J connectivity index is 1.32. The molecule has 0 amide bonds. The Bertz CT molecular complexity index is 1610. The number of aliphatic hydroxyl groups excluding tert-OH is 3. The van der Waals surface area contributed by atoms with Crippen molar-refractivity contribution in [2.75, 3.05) is 17.2 Å². The van der Waals surface area contributed by atoms with Crippen LogP contribution in [0.2, 0.25) is 0 Å². The summed E-state index contributed by atoms with van der Waals surface area (Å²) in [6.45, 7) is 3.74. The molecular formula is C30H31N7O3S. The molecule has 210 valence electrons. The van der Waals surface area contributed by atoms with Crippen molar-refractivity contribution in [2.45, 2.75) is 44.6 Å². The van der Waals surface area contributed by atoms with E-state index in [4.69, 9.17) is 15.0 Å². The van der Waals surface area contributed by atoms with E-state index in [0.29, 0.717) is 23.9 Å². The number of hydrogen-bond acceptors (Lipinski definition) is 11. The molecular weight excluding hydrogens is 538 g/mol. The summed E-state index contributed by atoms with van der Waals surface area (Å²) in [5.41, 5.74) is 5.42. The summed E-state index contributed by atoms with van der Waals surface area (Å²) < 4.78 is 0.988. The third-order valence-electron chi connectivity index (χ3n) is 7.60. The SMILES string of the molecule is Cc1nc(NC(C)c2ccc(-c3cccnc3)cc2)nc(NC2CC(CO)C(O)C2O)c1-c1nc2cnccc2s1. The molecule has 1 aromatic carbocycles. The second-order valence-corrected chi connectivity index (χ2v) is 11.4. The molecule has 1 fully saturated rings. The normalized spacial score (nSPS) is 21.2. The third-order valence-corrected chi connectivity index (χ3v) is 8.66. The molecule has 0 saturated heterocycles. The van der Waals surface area contributed by atoms with Crippen LogP contribution in [0, 0.1) is 12.8 Å². The maximum atomic E-state index is 10.7. The summed E-state index contributed by atoms with van der Waals surface area (Å²) in [6.07, 6.45) is 5.37. The maximum absolute atomic E-state index is 10.7. The number of aryl methyl sites for hydroxylation is 1. The summed E-state index contributed by atoms with van der Waals surface area (Å²) >= 11 is 1.51. The van der Waals surface area contributed by atoms with Crippen molar-refractivity contribution in [3.05, 3.63) is 78.5 Å². The zero-order valence-electron chi connectivity index (χ0n) is 22.6. The first-order valence-electron chi connectivity index (χ1n) is 13.5. The van der Waals surface area contributed by atoms with Crippen molar-refractivity contribution >= 4 is 33.3 Å². The first kappa shape index (κ1) is 27.2. The average molecular weight is 570 g/mol. The number of nitrogens with zero attached hydrogens (tertiary/aromatic N) is 5. The zero-order valence-corrected chi connectivity index (χ0v) is 23.5. The number of rotatable bonds is 8. The quantitative estimate of drug-likeness (QED) is 0.184. The van der Waals surface area contributed by atoms with Gasteiger partial charge in [-0.05, 0) is 49.1 Å². The van der Waals surface area contributed by atoms with E-state index in [1.54, 1.807) is 18.6 Å². The number of aromatic nitrogens is 5. The van der Waals surface area contributed by atoms with Crippen LogP contribution in [-0.4, -0.2) is 65.1 Å². The van der Waals surface area contributed by atoms with Gasteiger partial charge in [0.2, 0.25) is 5.95 Å². The number of benzene rings is 1. The second kappa shape index (κ2) is 11.5. The second-order valence-electron chi connectivity index (χ2n) is 10.4. The number of thiazole rings is 1. The molecule has 41 heavy (non-hydrogen) atoms. The Morgan fingerprint density at radius 1 is 0.951 bits per heavy atom. The van der Waals surface area contributed by atoms with Gasteiger partial charge in [0.15, 0.2) is 0 Å². The summed E-state index contributed by atoms with van der Waals surface area (Å²) in [5.74, 6) is 0.503. The van der Waals surface area contributed by atoms with E-state index >= 15 is 0 Å². The standard InChI is InChI=1S/C30H31N7O3S/c1-16(18-5-7-19(8-6-18)20-4-3-10-31-13-20)33-30-34-17(2)25(29-36-23-14-32-11-9-24(23)41-29)28(37-30)35-22-12-21(15-38)26(39)27(22)40/h3-11,13-14,16,21-22,26-27,38-40H,12,15H2,1-2H3,(H2,33,34,35,37). The van der Waals surface area contributed by atoms with Crippen molar-refractivity contribution in [1.82, 2.24) is 24.9 Å². The number of anilines is 2. The molecule has 4 heterocycles. The molecule has 0 aliphatic heterocycles. The van der Waals surface area contributed by atoms with Gasteiger partial charge in [0.05, 0.1) is 40.3 Å². The molecule has 10 nitrogen and oxygen atoms in total. The molecule has 1 aliphatic rings. The fourth-order valence-corrected chi connectivity index (χ4v) is 6.31. The molecule has 0 radical (unpaired) electrons. The van der Waals surface area contributed by atoms with Crippen LogP contribution in [0.5, 0.6) is 0 Å². The number of hydrogen-bond donors (Lipinski definition) is 5. The predicted octanol–water partition coefficient (Wildman–Crippen LogP) is 4.21. The van der Waals surface area contributed by atoms with E-state index in [9.17, 15) is 15.3 Å². The van der Waals surface area contributed by atoms with Gasteiger partial charge in [-0.1, -0.05) is 30.3 Å². The fraction of sp³-hybridized carbons (Fsp3) is 0.300. The van der Waals surface area contributed by atoms with Crippen molar-refractivity contribution in [2.24, 2.45) is 5.92 Å². The Morgan fingerprint density at radius 3 is 2.46 bits per heavy atom. The molecule has 1 saturated carbocycles. The summed E-state index contributed by atoms with van der Waals surface area (Å²) in [6, 6.07) is 13.5. The highest BCUT2D eigenvalue weighted by Gasteiger charge is 2.41. The van der Waals surface area contributed by atoms with Crippen LogP contribution in [0.15, 0.2) is 67.3 Å². The Morgan fingerprint density at radius 2 is 1.76 bits per heavy atom.